The van der Waals surface area contributed by atoms with Gasteiger partial charge < -0.3 is 10.1 Å². The van der Waals surface area contributed by atoms with Gasteiger partial charge in [0.05, 0.1) is 7.11 Å². The second-order valence-electron chi connectivity index (χ2n) is 3.61. The van der Waals surface area contributed by atoms with E-state index < -0.39 is 0 Å². The van der Waals surface area contributed by atoms with Gasteiger partial charge in [-0.2, -0.15) is 0 Å². The topological polar surface area (TPSA) is 47.0 Å². The predicted octanol–water partition coefficient (Wildman–Crippen LogP) is 3.40. The van der Waals surface area contributed by atoms with Crippen LogP contribution in [0.3, 0.4) is 0 Å². The molecule has 0 fully saturated rings. The first-order valence-corrected chi connectivity index (χ1v) is 7.72. The lowest BCUT2D eigenvalue weighted by atomic mass is 10.3. The van der Waals surface area contributed by atoms with Crippen LogP contribution < -0.4 is 10.1 Å². The Labute approximate surface area is 121 Å². The molecule has 4 nitrogen and oxygen atoms in total. The minimum atomic E-state index is 0.767. The third-order valence-electron chi connectivity index (χ3n) is 2.40. The summed E-state index contributed by atoms with van der Waals surface area (Å²) in [6.07, 6.45) is 1.97. The van der Waals surface area contributed by atoms with Gasteiger partial charge in [0.15, 0.2) is 5.16 Å². The highest BCUT2D eigenvalue weighted by Gasteiger charge is 2.05. The Bertz CT molecular complexity index is 524. The number of methoxy groups -OCH3 is 1. The Hall–Kier alpha value is -1.40. The normalized spacial score (nSPS) is 10.3. The summed E-state index contributed by atoms with van der Waals surface area (Å²) in [7, 11) is 3.52. The van der Waals surface area contributed by atoms with Crippen molar-refractivity contribution in [2.24, 2.45) is 0 Å². The highest BCUT2D eigenvalue weighted by molar-refractivity contribution is 7.99. The number of hydrogen-bond acceptors (Lipinski definition) is 6. The summed E-state index contributed by atoms with van der Waals surface area (Å²) in [5.74, 6) is 1.68. The van der Waals surface area contributed by atoms with E-state index in [1.54, 1.807) is 18.9 Å². The number of rotatable bonds is 5. The van der Waals surface area contributed by atoms with E-state index in [2.05, 4.69) is 15.3 Å². The van der Waals surface area contributed by atoms with Crippen LogP contribution in [0.25, 0.3) is 0 Å². The largest absolute Gasteiger partial charge is 0.497 e. The predicted molar refractivity (Wildman–Crippen MR) is 80.5 cm³/mol. The van der Waals surface area contributed by atoms with E-state index in [4.69, 9.17) is 4.74 Å². The van der Waals surface area contributed by atoms with Crippen LogP contribution in [0.5, 0.6) is 5.75 Å². The Morgan fingerprint density at radius 2 is 1.89 bits per heavy atom. The zero-order chi connectivity index (χ0) is 13.7. The Morgan fingerprint density at radius 3 is 2.47 bits per heavy atom. The third-order valence-corrected chi connectivity index (χ3v) is 3.88. The second kappa shape index (κ2) is 6.68. The molecule has 0 unspecified atom stereocenters. The molecule has 2 aromatic rings. The lowest BCUT2D eigenvalue weighted by molar-refractivity contribution is 0.414. The van der Waals surface area contributed by atoms with Gasteiger partial charge in [0.2, 0.25) is 0 Å². The van der Waals surface area contributed by atoms with Crippen molar-refractivity contribution < 1.29 is 4.74 Å². The molecule has 0 radical (unpaired) electrons. The molecule has 0 amide bonds. The van der Waals surface area contributed by atoms with Gasteiger partial charge in [0.25, 0.3) is 0 Å². The van der Waals surface area contributed by atoms with Crippen LogP contribution in [0.2, 0.25) is 0 Å². The molecule has 1 heterocycles. The highest BCUT2D eigenvalue weighted by atomic mass is 32.2. The fourth-order valence-corrected chi connectivity index (χ4v) is 2.69. The summed E-state index contributed by atoms with van der Waals surface area (Å²) in [4.78, 5) is 9.95. The third kappa shape index (κ3) is 3.78. The van der Waals surface area contributed by atoms with E-state index in [-0.39, 0.29) is 0 Å². The summed E-state index contributed by atoms with van der Waals surface area (Å²) in [5.41, 5.74) is 0. The van der Waals surface area contributed by atoms with E-state index in [9.17, 15) is 0 Å². The first kappa shape index (κ1) is 14.0. The zero-order valence-electron chi connectivity index (χ0n) is 11.0. The molecule has 0 atom stereocenters. The van der Waals surface area contributed by atoms with Crippen molar-refractivity contribution in [1.82, 2.24) is 9.97 Å². The number of aromatic nitrogens is 2. The maximum absolute atomic E-state index is 5.14. The van der Waals surface area contributed by atoms with Crippen LogP contribution in [0.15, 0.2) is 45.4 Å². The quantitative estimate of drug-likeness (QED) is 0.518. The van der Waals surface area contributed by atoms with Gasteiger partial charge in [-0.15, -0.1) is 0 Å². The minimum absolute atomic E-state index is 0.767. The zero-order valence-corrected chi connectivity index (χ0v) is 12.6. The standard InChI is InChI=1S/C13H15N3OS2/c1-14-11-8-12(16-13(15-11)18-3)19-10-6-4-9(17-2)5-7-10/h4-8H,1-3H3,(H,14,15,16). The molecule has 0 aliphatic rings. The van der Waals surface area contributed by atoms with Crippen molar-refractivity contribution >= 4 is 29.3 Å². The van der Waals surface area contributed by atoms with Gasteiger partial charge in [-0.1, -0.05) is 23.5 Å². The van der Waals surface area contributed by atoms with E-state index in [1.165, 1.54) is 11.8 Å². The van der Waals surface area contributed by atoms with Gasteiger partial charge in [0, 0.05) is 18.0 Å². The molecule has 2 rings (SSSR count). The number of thioether (sulfide) groups is 1. The van der Waals surface area contributed by atoms with E-state index in [0.717, 1.165) is 26.6 Å². The van der Waals surface area contributed by atoms with Crippen molar-refractivity contribution in [2.75, 3.05) is 25.7 Å². The molecule has 0 bridgehead atoms. The fourth-order valence-electron chi connectivity index (χ4n) is 1.44. The number of hydrogen-bond donors (Lipinski definition) is 1. The van der Waals surface area contributed by atoms with E-state index >= 15 is 0 Å². The Kier molecular flexibility index (Phi) is 4.93. The van der Waals surface area contributed by atoms with Crippen LogP contribution in [0, 0.1) is 0 Å². The van der Waals surface area contributed by atoms with Crippen molar-refractivity contribution in [1.29, 1.82) is 0 Å². The van der Waals surface area contributed by atoms with Gasteiger partial charge in [-0.3, -0.25) is 0 Å². The fraction of sp³-hybridized carbons (Fsp3) is 0.231. The van der Waals surface area contributed by atoms with Crippen LogP contribution in [-0.4, -0.2) is 30.4 Å². The lowest BCUT2D eigenvalue weighted by Crippen LogP contribution is -1.96. The highest BCUT2D eigenvalue weighted by Crippen LogP contribution is 2.29. The number of nitrogens with zero attached hydrogens (tertiary/aromatic N) is 2. The SMILES string of the molecule is CNc1cc(Sc2ccc(OC)cc2)nc(SC)n1. The smallest absolute Gasteiger partial charge is 0.190 e. The Morgan fingerprint density at radius 1 is 1.16 bits per heavy atom. The molecule has 0 spiro atoms. The molecule has 0 saturated carbocycles. The monoisotopic (exact) mass is 293 g/mol. The second-order valence-corrected chi connectivity index (χ2v) is 5.47. The molecular weight excluding hydrogens is 278 g/mol. The maximum atomic E-state index is 5.14. The molecule has 0 saturated heterocycles. The minimum Gasteiger partial charge on any atom is -0.497 e. The molecule has 6 heteroatoms. The molecule has 1 aromatic carbocycles. The number of ether oxygens (including phenoxy) is 1. The summed E-state index contributed by atoms with van der Waals surface area (Å²) in [6, 6.07) is 9.86. The summed E-state index contributed by atoms with van der Waals surface area (Å²) in [5, 5.41) is 4.74. The number of nitrogens with one attached hydrogen (secondary N) is 1. The van der Waals surface area contributed by atoms with Gasteiger partial charge >= 0.3 is 0 Å². The molecule has 1 aromatic heterocycles. The van der Waals surface area contributed by atoms with Gasteiger partial charge in [-0.05, 0) is 30.5 Å². The van der Waals surface area contributed by atoms with Crippen LogP contribution in [0.1, 0.15) is 0 Å². The first-order chi connectivity index (χ1) is 9.25. The molecule has 1 N–H and O–H groups in total. The van der Waals surface area contributed by atoms with E-state index in [0.29, 0.717) is 0 Å². The van der Waals surface area contributed by atoms with Crippen LogP contribution >= 0.6 is 23.5 Å². The van der Waals surface area contributed by atoms with Crippen molar-refractivity contribution in [3.63, 3.8) is 0 Å². The molecule has 0 aliphatic carbocycles. The van der Waals surface area contributed by atoms with Crippen LogP contribution in [0.4, 0.5) is 5.82 Å². The average Bonchev–Trinajstić information content (AvgIpc) is 2.47. The van der Waals surface area contributed by atoms with Crippen molar-refractivity contribution in [3.05, 3.63) is 30.3 Å². The lowest BCUT2D eigenvalue weighted by Gasteiger charge is -2.06. The first-order valence-electron chi connectivity index (χ1n) is 5.68. The summed E-state index contributed by atoms with van der Waals surface area (Å²) < 4.78 is 5.14. The van der Waals surface area contributed by atoms with E-state index in [1.807, 2.05) is 43.6 Å². The molecule has 100 valence electrons. The number of anilines is 1. The molecular formula is C13H15N3OS2. The van der Waals surface area contributed by atoms with Crippen LogP contribution in [-0.2, 0) is 0 Å². The van der Waals surface area contributed by atoms with Gasteiger partial charge in [0.1, 0.15) is 16.6 Å². The summed E-state index contributed by atoms with van der Waals surface area (Å²) >= 11 is 3.14. The van der Waals surface area contributed by atoms with Crippen molar-refractivity contribution in [2.45, 2.75) is 15.1 Å². The molecule has 0 aliphatic heterocycles. The Balaban J connectivity index is 2.21. The molecule has 19 heavy (non-hydrogen) atoms. The van der Waals surface area contributed by atoms with Crippen molar-refractivity contribution in [3.8, 4) is 5.75 Å². The average molecular weight is 293 g/mol. The maximum Gasteiger partial charge on any atom is 0.190 e. The summed E-state index contributed by atoms with van der Waals surface area (Å²) in [6.45, 7) is 0. The number of benzene rings is 1. The van der Waals surface area contributed by atoms with Gasteiger partial charge in [-0.25, -0.2) is 9.97 Å².